The minimum absolute atomic E-state index is 0.0896. The average molecular weight is 226 g/mol. The molecule has 4 heteroatoms. The van der Waals surface area contributed by atoms with Gasteiger partial charge in [0.05, 0.1) is 18.1 Å². The van der Waals surface area contributed by atoms with Crippen LogP contribution in [0.2, 0.25) is 0 Å². The van der Waals surface area contributed by atoms with E-state index in [2.05, 4.69) is 12.2 Å². The molecule has 3 N–H and O–H groups in total. The zero-order valence-corrected chi connectivity index (χ0v) is 10.00. The zero-order chi connectivity index (χ0) is 11.6. The van der Waals surface area contributed by atoms with Gasteiger partial charge in [-0.25, -0.2) is 0 Å². The van der Waals surface area contributed by atoms with Gasteiger partial charge < -0.3 is 15.8 Å². The molecule has 0 aromatic carbocycles. The smallest absolute Gasteiger partial charge is 0.223 e. The molecule has 0 bridgehead atoms. The fraction of sp³-hybridized carbons (Fsp3) is 0.917. The molecule has 2 rings (SSSR count). The Morgan fingerprint density at radius 3 is 2.75 bits per heavy atom. The topological polar surface area (TPSA) is 64.3 Å². The molecule has 1 aliphatic heterocycles. The average Bonchev–Trinajstić information content (AvgIpc) is 3.00. The van der Waals surface area contributed by atoms with Gasteiger partial charge in [-0.3, -0.25) is 4.79 Å². The Bertz CT molecular complexity index is 260. The molecule has 0 aromatic heterocycles. The van der Waals surface area contributed by atoms with Gasteiger partial charge in [0.15, 0.2) is 0 Å². The van der Waals surface area contributed by atoms with Crippen LogP contribution in [0, 0.1) is 5.92 Å². The maximum absolute atomic E-state index is 11.9. The Labute approximate surface area is 96.9 Å². The monoisotopic (exact) mass is 226 g/mol. The maximum Gasteiger partial charge on any atom is 0.223 e. The molecule has 2 unspecified atom stereocenters. The Balaban J connectivity index is 1.80. The minimum atomic E-state index is -0.199. The Kier molecular flexibility index (Phi) is 3.50. The lowest BCUT2D eigenvalue weighted by Gasteiger charge is -2.30. The first kappa shape index (κ1) is 11.9. The molecular formula is C12H22N2O2. The summed E-state index contributed by atoms with van der Waals surface area (Å²) in [6.45, 7) is 3.38. The van der Waals surface area contributed by atoms with Crippen LogP contribution in [0.3, 0.4) is 0 Å². The molecule has 1 saturated heterocycles. The number of rotatable bonds is 5. The molecule has 2 atom stereocenters. The number of hydrogen-bond donors (Lipinski definition) is 2. The van der Waals surface area contributed by atoms with Gasteiger partial charge in [0, 0.05) is 13.2 Å². The van der Waals surface area contributed by atoms with Crippen molar-refractivity contribution in [2.45, 2.75) is 50.7 Å². The number of carbonyl (C=O) groups excluding carboxylic acids is 1. The SMILES string of the molecule is CC(CN)(NC(=O)CC1CCCO1)C1CC1. The van der Waals surface area contributed by atoms with Gasteiger partial charge in [-0.2, -0.15) is 0 Å². The van der Waals surface area contributed by atoms with Crippen molar-refractivity contribution in [2.24, 2.45) is 11.7 Å². The Morgan fingerprint density at radius 2 is 2.25 bits per heavy atom. The molecule has 1 heterocycles. The molecule has 2 aliphatic rings. The third kappa shape index (κ3) is 2.74. The van der Waals surface area contributed by atoms with Gasteiger partial charge >= 0.3 is 0 Å². The van der Waals surface area contributed by atoms with Crippen molar-refractivity contribution >= 4 is 5.91 Å². The van der Waals surface area contributed by atoms with Crippen LogP contribution in [0.5, 0.6) is 0 Å². The van der Waals surface area contributed by atoms with Crippen molar-refractivity contribution in [3.63, 3.8) is 0 Å². The van der Waals surface area contributed by atoms with Crippen LogP contribution < -0.4 is 11.1 Å². The fourth-order valence-corrected chi connectivity index (χ4v) is 2.42. The van der Waals surface area contributed by atoms with E-state index in [1.54, 1.807) is 0 Å². The molecular weight excluding hydrogens is 204 g/mol. The molecule has 92 valence electrons. The summed E-state index contributed by atoms with van der Waals surface area (Å²) in [6.07, 6.45) is 5.08. The standard InChI is InChI=1S/C12H22N2O2/c1-12(8-13,9-4-5-9)14-11(15)7-10-3-2-6-16-10/h9-10H,2-8,13H2,1H3,(H,14,15). The van der Waals surface area contributed by atoms with E-state index in [1.807, 2.05) is 0 Å². The van der Waals surface area contributed by atoms with Crippen LogP contribution in [0.1, 0.15) is 39.0 Å². The first-order valence-corrected chi connectivity index (χ1v) is 6.27. The highest BCUT2D eigenvalue weighted by molar-refractivity contribution is 5.77. The zero-order valence-electron chi connectivity index (χ0n) is 10.00. The number of nitrogens with two attached hydrogens (primary N) is 1. The molecule has 1 aliphatic carbocycles. The summed E-state index contributed by atoms with van der Waals surface area (Å²) in [4.78, 5) is 11.9. The Morgan fingerprint density at radius 1 is 1.50 bits per heavy atom. The van der Waals surface area contributed by atoms with E-state index in [0.29, 0.717) is 18.9 Å². The summed E-state index contributed by atoms with van der Waals surface area (Å²) < 4.78 is 5.46. The molecule has 16 heavy (non-hydrogen) atoms. The second kappa shape index (κ2) is 4.72. The van der Waals surface area contributed by atoms with Crippen molar-refractivity contribution < 1.29 is 9.53 Å². The number of nitrogens with one attached hydrogen (secondary N) is 1. The van der Waals surface area contributed by atoms with Crippen molar-refractivity contribution in [2.75, 3.05) is 13.2 Å². The van der Waals surface area contributed by atoms with Crippen LogP contribution >= 0.6 is 0 Å². The lowest BCUT2D eigenvalue weighted by Crippen LogP contribution is -2.53. The van der Waals surface area contributed by atoms with Crippen LogP contribution in [0.4, 0.5) is 0 Å². The molecule has 1 amide bonds. The molecule has 2 fully saturated rings. The van der Waals surface area contributed by atoms with Crippen molar-refractivity contribution in [1.29, 1.82) is 0 Å². The summed E-state index contributed by atoms with van der Waals surface area (Å²) >= 11 is 0. The number of amides is 1. The predicted molar refractivity (Wildman–Crippen MR) is 61.9 cm³/mol. The fourth-order valence-electron chi connectivity index (χ4n) is 2.42. The molecule has 1 saturated carbocycles. The van der Waals surface area contributed by atoms with E-state index in [9.17, 15) is 4.79 Å². The number of ether oxygens (including phenoxy) is 1. The summed E-state index contributed by atoms with van der Waals surface area (Å²) in [6, 6.07) is 0. The first-order valence-electron chi connectivity index (χ1n) is 6.27. The summed E-state index contributed by atoms with van der Waals surface area (Å²) in [5, 5.41) is 3.09. The van der Waals surface area contributed by atoms with E-state index in [4.69, 9.17) is 10.5 Å². The highest BCUT2D eigenvalue weighted by Gasteiger charge is 2.41. The largest absolute Gasteiger partial charge is 0.378 e. The lowest BCUT2D eigenvalue weighted by atomic mass is 9.95. The highest BCUT2D eigenvalue weighted by Crippen LogP contribution is 2.39. The second-order valence-corrected chi connectivity index (χ2v) is 5.28. The van der Waals surface area contributed by atoms with E-state index in [1.165, 1.54) is 12.8 Å². The predicted octanol–water partition coefficient (Wildman–Crippen LogP) is 0.799. The molecule has 4 nitrogen and oxygen atoms in total. The van der Waals surface area contributed by atoms with Crippen LogP contribution in [0.15, 0.2) is 0 Å². The van der Waals surface area contributed by atoms with E-state index < -0.39 is 0 Å². The van der Waals surface area contributed by atoms with E-state index in [0.717, 1.165) is 19.4 Å². The van der Waals surface area contributed by atoms with Crippen LogP contribution in [0.25, 0.3) is 0 Å². The van der Waals surface area contributed by atoms with Gasteiger partial charge in [-0.15, -0.1) is 0 Å². The first-order chi connectivity index (χ1) is 7.64. The summed E-state index contributed by atoms with van der Waals surface area (Å²) in [7, 11) is 0. The maximum atomic E-state index is 11.9. The third-order valence-corrected chi connectivity index (χ3v) is 3.76. The van der Waals surface area contributed by atoms with Gasteiger partial charge in [-0.1, -0.05) is 0 Å². The molecule has 0 aromatic rings. The summed E-state index contributed by atoms with van der Waals surface area (Å²) in [5.41, 5.74) is 5.56. The quantitative estimate of drug-likeness (QED) is 0.728. The molecule has 0 radical (unpaired) electrons. The normalized spacial score (nSPS) is 28.8. The lowest BCUT2D eigenvalue weighted by molar-refractivity contribution is -0.125. The van der Waals surface area contributed by atoms with Gasteiger partial charge in [0.2, 0.25) is 5.91 Å². The molecule has 0 spiro atoms. The van der Waals surface area contributed by atoms with Crippen LogP contribution in [-0.2, 0) is 9.53 Å². The minimum Gasteiger partial charge on any atom is -0.378 e. The second-order valence-electron chi connectivity index (χ2n) is 5.28. The number of hydrogen-bond acceptors (Lipinski definition) is 3. The van der Waals surface area contributed by atoms with Crippen molar-refractivity contribution in [3.8, 4) is 0 Å². The van der Waals surface area contributed by atoms with Crippen molar-refractivity contribution in [3.05, 3.63) is 0 Å². The van der Waals surface area contributed by atoms with Crippen LogP contribution in [-0.4, -0.2) is 30.7 Å². The van der Waals surface area contributed by atoms with Gasteiger partial charge in [0.25, 0.3) is 0 Å². The van der Waals surface area contributed by atoms with Crippen molar-refractivity contribution in [1.82, 2.24) is 5.32 Å². The number of carbonyl (C=O) groups is 1. The summed E-state index contributed by atoms with van der Waals surface area (Å²) in [5.74, 6) is 0.665. The van der Waals surface area contributed by atoms with Gasteiger partial charge in [-0.05, 0) is 38.5 Å². The van der Waals surface area contributed by atoms with E-state index >= 15 is 0 Å². The Hall–Kier alpha value is -0.610. The van der Waals surface area contributed by atoms with E-state index in [-0.39, 0.29) is 17.6 Å². The van der Waals surface area contributed by atoms with Gasteiger partial charge in [0.1, 0.15) is 0 Å². The third-order valence-electron chi connectivity index (χ3n) is 3.76. The highest BCUT2D eigenvalue weighted by atomic mass is 16.5.